The highest BCUT2D eigenvalue weighted by Gasteiger charge is 2.25. The molecule has 2 amide bonds. The third kappa shape index (κ3) is 2.78. The summed E-state index contributed by atoms with van der Waals surface area (Å²) in [5.41, 5.74) is -1.41. The predicted molar refractivity (Wildman–Crippen MR) is 62.8 cm³/mol. The van der Waals surface area contributed by atoms with Crippen molar-refractivity contribution in [1.29, 1.82) is 0 Å². The molecule has 0 saturated carbocycles. The Morgan fingerprint density at radius 2 is 1.95 bits per heavy atom. The van der Waals surface area contributed by atoms with E-state index in [-0.39, 0.29) is 0 Å². The van der Waals surface area contributed by atoms with Gasteiger partial charge in [-0.05, 0) is 12.8 Å². The average molecular weight is 271 g/mol. The number of nitrogens with one attached hydrogen (secondary N) is 1. The molecule has 1 aromatic rings. The van der Waals surface area contributed by atoms with Gasteiger partial charge in [0.1, 0.15) is 5.82 Å². The minimum Gasteiger partial charge on any atom is -0.325 e. The number of urea groups is 1. The highest BCUT2D eigenvalue weighted by atomic mass is 19.1. The van der Waals surface area contributed by atoms with Gasteiger partial charge in [-0.3, -0.25) is 15.4 Å². The van der Waals surface area contributed by atoms with Crippen molar-refractivity contribution in [2.24, 2.45) is 0 Å². The van der Waals surface area contributed by atoms with E-state index < -0.39 is 34.0 Å². The first kappa shape index (κ1) is 13.2. The van der Waals surface area contributed by atoms with Gasteiger partial charge in [0.05, 0.1) is 11.0 Å². The number of amides is 2. The van der Waals surface area contributed by atoms with Crippen molar-refractivity contribution in [2.45, 2.75) is 12.8 Å². The number of nitrogens with zero attached hydrogens (tertiary/aromatic N) is 2. The van der Waals surface area contributed by atoms with Crippen LogP contribution in [0.25, 0.3) is 0 Å². The lowest BCUT2D eigenvalue weighted by Crippen LogP contribution is -2.32. The lowest BCUT2D eigenvalue weighted by Gasteiger charge is -2.16. The third-order valence-electron chi connectivity index (χ3n) is 2.86. The number of carbonyl (C=O) groups excluding carboxylic acids is 1. The van der Waals surface area contributed by atoms with Crippen molar-refractivity contribution in [3.05, 3.63) is 33.9 Å². The van der Waals surface area contributed by atoms with E-state index in [1.165, 1.54) is 4.90 Å². The molecule has 2 rings (SSSR count). The quantitative estimate of drug-likeness (QED) is 0.663. The van der Waals surface area contributed by atoms with E-state index in [2.05, 4.69) is 5.32 Å². The van der Waals surface area contributed by atoms with Crippen LogP contribution in [0.4, 0.5) is 25.0 Å². The molecule has 1 heterocycles. The highest BCUT2D eigenvalue weighted by molar-refractivity contribution is 5.92. The van der Waals surface area contributed by atoms with E-state index >= 15 is 0 Å². The first-order valence-corrected chi connectivity index (χ1v) is 5.68. The summed E-state index contributed by atoms with van der Waals surface area (Å²) in [6.45, 7) is 1.03. The molecule has 102 valence electrons. The summed E-state index contributed by atoms with van der Waals surface area (Å²) in [6, 6.07) is 0.445. The molecule has 0 atom stereocenters. The SMILES string of the molecule is O=C(Nc1c(F)cc(F)cc1[N+](=O)[O-])N1CCCC1. The Hall–Kier alpha value is -2.25. The maximum atomic E-state index is 13.5. The van der Waals surface area contributed by atoms with E-state index in [0.717, 1.165) is 12.8 Å². The van der Waals surface area contributed by atoms with Gasteiger partial charge in [-0.1, -0.05) is 0 Å². The summed E-state index contributed by atoms with van der Waals surface area (Å²) < 4.78 is 26.5. The minimum atomic E-state index is -1.17. The van der Waals surface area contributed by atoms with E-state index in [1.807, 2.05) is 0 Å². The minimum absolute atomic E-state index is 0.493. The van der Waals surface area contributed by atoms with Crippen LogP contribution >= 0.6 is 0 Å². The number of hydrogen-bond acceptors (Lipinski definition) is 3. The van der Waals surface area contributed by atoms with Crippen LogP contribution in [-0.2, 0) is 0 Å². The van der Waals surface area contributed by atoms with Crippen LogP contribution in [0, 0.1) is 21.7 Å². The molecular weight excluding hydrogens is 260 g/mol. The molecule has 8 heteroatoms. The van der Waals surface area contributed by atoms with Gasteiger partial charge in [-0.25, -0.2) is 13.6 Å². The van der Waals surface area contributed by atoms with Gasteiger partial charge in [-0.15, -0.1) is 0 Å². The normalized spacial score (nSPS) is 14.5. The van der Waals surface area contributed by atoms with Crippen molar-refractivity contribution in [3.63, 3.8) is 0 Å². The van der Waals surface area contributed by atoms with E-state index in [9.17, 15) is 23.7 Å². The monoisotopic (exact) mass is 271 g/mol. The molecule has 1 aliphatic heterocycles. The average Bonchev–Trinajstić information content (AvgIpc) is 2.85. The van der Waals surface area contributed by atoms with Gasteiger partial charge < -0.3 is 4.90 Å². The molecule has 1 aromatic carbocycles. The molecule has 0 spiro atoms. The predicted octanol–water partition coefficient (Wildman–Crippen LogP) is 2.50. The molecule has 1 N–H and O–H groups in total. The summed E-state index contributed by atoms with van der Waals surface area (Å²) in [5.74, 6) is -2.23. The van der Waals surface area contributed by atoms with Gasteiger partial charge in [0, 0.05) is 19.2 Å². The first-order chi connectivity index (χ1) is 8.99. The van der Waals surface area contributed by atoms with Gasteiger partial charge in [0.2, 0.25) is 0 Å². The fourth-order valence-electron chi connectivity index (χ4n) is 1.93. The van der Waals surface area contributed by atoms with Gasteiger partial charge in [0.15, 0.2) is 11.5 Å². The van der Waals surface area contributed by atoms with Crippen LogP contribution in [0.15, 0.2) is 12.1 Å². The Labute approximate surface area is 107 Å². The lowest BCUT2D eigenvalue weighted by molar-refractivity contribution is -0.384. The van der Waals surface area contributed by atoms with E-state index in [0.29, 0.717) is 25.2 Å². The molecule has 1 saturated heterocycles. The fraction of sp³-hybridized carbons (Fsp3) is 0.364. The van der Waals surface area contributed by atoms with E-state index in [1.54, 1.807) is 0 Å². The number of likely N-dealkylation sites (tertiary alicyclic amines) is 1. The number of nitro groups is 1. The smallest absolute Gasteiger partial charge is 0.322 e. The topological polar surface area (TPSA) is 75.5 Å². The number of benzene rings is 1. The Kier molecular flexibility index (Phi) is 3.59. The van der Waals surface area contributed by atoms with Crippen molar-refractivity contribution >= 4 is 17.4 Å². The molecule has 6 nitrogen and oxygen atoms in total. The summed E-state index contributed by atoms with van der Waals surface area (Å²) >= 11 is 0. The zero-order valence-corrected chi connectivity index (χ0v) is 9.86. The number of anilines is 1. The van der Waals surface area contributed by atoms with Crippen LogP contribution in [0.5, 0.6) is 0 Å². The van der Waals surface area contributed by atoms with Crippen molar-refractivity contribution in [1.82, 2.24) is 4.90 Å². The molecule has 19 heavy (non-hydrogen) atoms. The number of rotatable bonds is 2. The largest absolute Gasteiger partial charge is 0.325 e. The highest BCUT2D eigenvalue weighted by Crippen LogP contribution is 2.29. The second-order valence-corrected chi connectivity index (χ2v) is 4.16. The van der Waals surface area contributed by atoms with Crippen LogP contribution in [0.3, 0.4) is 0 Å². The van der Waals surface area contributed by atoms with Gasteiger partial charge in [0.25, 0.3) is 5.69 Å². The molecule has 0 aromatic heterocycles. The van der Waals surface area contributed by atoms with Crippen LogP contribution in [-0.4, -0.2) is 28.9 Å². The molecule has 0 bridgehead atoms. The molecule has 0 unspecified atom stereocenters. The molecule has 1 fully saturated rings. The van der Waals surface area contributed by atoms with Crippen LogP contribution in [0.1, 0.15) is 12.8 Å². The van der Waals surface area contributed by atoms with Crippen molar-refractivity contribution < 1.29 is 18.5 Å². The summed E-state index contributed by atoms with van der Waals surface area (Å²) in [5, 5.41) is 12.9. The third-order valence-corrected chi connectivity index (χ3v) is 2.86. The second kappa shape index (κ2) is 5.17. The van der Waals surface area contributed by atoms with Gasteiger partial charge >= 0.3 is 6.03 Å². The fourth-order valence-corrected chi connectivity index (χ4v) is 1.93. The number of nitro benzene ring substituents is 1. The maximum absolute atomic E-state index is 13.5. The Balaban J connectivity index is 2.28. The van der Waals surface area contributed by atoms with E-state index in [4.69, 9.17) is 0 Å². The molecule has 0 aliphatic carbocycles. The Bertz CT molecular complexity index is 530. The van der Waals surface area contributed by atoms with Crippen molar-refractivity contribution in [2.75, 3.05) is 18.4 Å². The van der Waals surface area contributed by atoms with Gasteiger partial charge in [-0.2, -0.15) is 0 Å². The summed E-state index contributed by atoms with van der Waals surface area (Å²) in [7, 11) is 0. The number of halogens is 2. The van der Waals surface area contributed by atoms with Crippen LogP contribution in [0.2, 0.25) is 0 Å². The number of hydrogen-bond donors (Lipinski definition) is 1. The number of carbonyl (C=O) groups is 1. The first-order valence-electron chi connectivity index (χ1n) is 5.68. The van der Waals surface area contributed by atoms with Crippen molar-refractivity contribution in [3.8, 4) is 0 Å². The zero-order chi connectivity index (χ0) is 14.0. The van der Waals surface area contributed by atoms with Crippen LogP contribution < -0.4 is 5.32 Å². The zero-order valence-electron chi connectivity index (χ0n) is 9.86. The molecular formula is C11H11F2N3O3. The maximum Gasteiger partial charge on any atom is 0.322 e. The second-order valence-electron chi connectivity index (χ2n) is 4.16. The Morgan fingerprint density at radius 1 is 1.32 bits per heavy atom. The molecule has 1 aliphatic rings. The summed E-state index contributed by atoms with van der Waals surface area (Å²) in [6.07, 6.45) is 1.67. The lowest BCUT2D eigenvalue weighted by atomic mass is 10.2. The Morgan fingerprint density at radius 3 is 2.53 bits per heavy atom. The summed E-state index contributed by atoms with van der Waals surface area (Å²) in [4.78, 5) is 23.0. The standard InChI is InChI=1S/C11H11F2N3O3/c12-7-5-8(13)10(9(6-7)16(18)19)14-11(17)15-3-1-2-4-15/h5-6H,1-4H2,(H,14,17). The molecule has 0 radical (unpaired) electrons.